The lowest BCUT2D eigenvalue weighted by molar-refractivity contribution is 0.555. The number of hydrogen-bond acceptors (Lipinski definition) is 3. The Kier molecular flexibility index (Phi) is 4.55. The molecule has 1 heterocycles. The van der Waals surface area contributed by atoms with Crippen LogP contribution >= 0.6 is 11.6 Å². The van der Waals surface area contributed by atoms with Crippen molar-refractivity contribution in [2.45, 2.75) is 4.90 Å². The van der Waals surface area contributed by atoms with Gasteiger partial charge in [0.05, 0.1) is 5.69 Å². The molecule has 0 saturated carbocycles. The Hall–Kier alpha value is -2.35. The van der Waals surface area contributed by atoms with E-state index in [0.29, 0.717) is 22.2 Å². The van der Waals surface area contributed by atoms with Gasteiger partial charge in [0, 0.05) is 22.3 Å². The molecule has 2 N–H and O–H groups in total. The van der Waals surface area contributed by atoms with Crippen LogP contribution in [0.3, 0.4) is 0 Å². The van der Waals surface area contributed by atoms with Crippen molar-refractivity contribution in [3.63, 3.8) is 0 Å². The van der Waals surface area contributed by atoms with E-state index < -0.39 is 26.6 Å². The molecule has 0 unspecified atom stereocenters. The maximum Gasteiger partial charge on any atom is 0.241 e. The zero-order valence-electron chi connectivity index (χ0n) is 12.6. The highest BCUT2D eigenvalue weighted by Crippen LogP contribution is 2.34. The summed E-state index contributed by atoms with van der Waals surface area (Å²) in [5.41, 5.74) is 1.15. The quantitative estimate of drug-likeness (QED) is 0.746. The summed E-state index contributed by atoms with van der Waals surface area (Å²) in [6.07, 6.45) is 1.42. The Morgan fingerprint density at radius 3 is 2.40 bits per heavy atom. The number of nitrogens with zero attached hydrogens (tertiary/aromatic N) is 1. The summed E-state index contributed by atoms with van der Waals surface area (Å²) in [6.45, 7) is 0. The van der Waals surface area contributed by atoms with Crippen molar-refractivity contribution >= 4 is 21.6 Å². The zero-order chi connectivity index (χ0) is 18.2. The molecular formula is C17H11ClF2N2O2S. The maximum atomic E-state index is 14.5. The lowest BCUT2D eigenvalue weighted by atomic mass is 9.99. The molecule has 0 atom stereocenters. The highest BCUT2D eigenvalue weighted by molar-refractivity contribution is 7.89. The van der Waals surface area contributed by atoms with E-state index in [2.05, 4.69) is 4.98 Å². The van der Waals surface area contributed by atoms with E-state index in [9.17, 15) is 17.2 Å². The Morgan fingerprint density at radius 2 is 1.72 bits per heavy atom. The molecule has 25 heavy (non-hydrogen) atoms. The van der Waals surface area contributed by atoms with Gasteiger partial charge in [-0.05, 0) is 35.9 Å². The monoisotopic (exact) mass is 380 g/mol. The van der Waals surface area contributed by atoms with Gasteiger partial charge >= 0.3 is 0 Å². The predicted octanol–water partition coefficient (Wildman–Crippen LogP) is 3.99. The number of nitrogens with two attached hydrogens (primary N) is 1. The number of rotatable bonds is 3. The van der Waals surface area contributed by atoms with Crippen LogP contribution in [0.25, 0.3) is 22.4 Å². The van der Waals surface area contributed by atoms with Crippen LogP contribution in [-0.2, 0) is 10.0 Å². The lowest BCUT2D eigenvalue weighted by Gasteiger charge is -2.11. The number of pyridine rings is 1. The van der Waals surface area contributed by atoms with Crippen LogP contribution in [-0.4, -0.2) is 13.4 Å². The van der Waals surface area contributed by atoms with Crippen LogP contribution in [0, 0.1) is 11.6 Å². The predicted molar refractivity (Wildman–Crippen MR) is 91.4 cm³/mol. The first-order valence-electron chi connectivity index (χ1n) is 7.00. The van der Waals surface area contributed by atoms with Gasteiger partial charge < -0.3 is 0 Å². The Balaban J connectivity index is 2.24. The summed E-state index contributed by atoms with van der Waals surface area (Å²) in [7, 11) is -4.38. The minimum Gasteiger partial charge on any atom is -0.255 e. The molecule has 0 spiro atoms. The second kappa shape index (κ2) is 6.51. The number of aromatic nitrogens is 1. The van der Waals surface area contributed by atoms with Gasteiger partial charge in [-0.15, -0.1) is 0 Å². The number of primary sulfonamides is 1. The summed E-state index contributed by atoms with van der Waals surface area (Å²) in [5, 5.41) is 5.36. The second-order valence-electron chi connectivity index (χ2n) is 5.22. The van der Waals surface area contributed by atoms with Crippen LogP contribution in [0.5, 0.6) is 0 Å². The van der Waals surface area contributed by atoms with Crippen molar-refractivity contribution in [1.82, 2.24) is 4.98 Å². The third-order valence-electron chi connectivity index (χ3n) is 3.53. The van der Waals surface area contributed by atoms with E-state index in [-0.39, 0.29) is 11.3 Å². The highest BCUT2D eigenvalue weighted by atomic mass is 35.5. The van der Waals surface area contributed by atoms with Crippen molar-refractivity contribution < 1.29 is 17.2 Å². The van der Waals surface area contributed by atoms with Crippen LogP contribution in [0.1, 0.15) is 0 Å². The summed E-state index contributed by atoms with van der Waals surface area (Å²) < 4.78 is 51.2. The molecule has 0 saturated heterocycles. The molecule has 0 aliphatic carbocycles. The molecule has 8 heteroatoms. The first-order chi connectivity index (χ1) is 11.8. The Morgan fingerprint density at radius 1 is 0.960 bits per heavy atom. The topological polar surface area (TPSA) is 73.1 Å². The number of sulfonamides is 1. The van der Waals surface area contributed by atoms with Gasteiger partial charge in [-0.2, -0.15) is 0 Å². The molecule has 0 aliphatic heterocycles. The fourth-order valence-electron chi connectivity index (χ4n) is 2.44. The van der Waals surface area contributed by atoms with Gasteiger partial charge in [0.1, 0.15) is 16.5 Å². The summed E-state index contributed by atoms with van der Waals surface area (Å²) in [6, 6.07) is 11.5. The van der Waals surface area contributed by atoms with Gasteiger partial charge in [0.25, 0.3) is 0 Å². The Bertz CT molecular complexity index is 1070. The van der Waals surface area contributed by atoms with E-state index in [1.54, 1.807) is 36.4 Å². The van der Waals surface area contributed by atoms with Crippen LogP contribution < -0.4 is 5.14 Å². The van der Waals surface area contributed by atoms with Crippen LogP contribution in [0.15, 0.2) is 59.6 Å². The lowest BCUT2D eigenvalue weighted by Crippen LogP contribution is -2.14. The minimum atomic E-state index is -4.38. The fourth-order valence-corrected chi connectivity index (χ4v) is 3.23. The molecule has 0 fully saturated rings. The average Bonchev–Trinajstić information content (AvgIpc) is 2.55. The largest absolute Gasteiger partial charge is 0.255 e. The Labute approximate surface area is 148 Å². The number of hydrogen-bond donors (Lipinski definition) is 1. The number of benzene rings is 2. The molecule has 3 rings (SSSR count). The standard InChI is InChI=1S/C17H11ClF2N2O2S/c18-11-4-1-3-10(7-11)12-5-2-6-22-17(12)13-8-15(20)16(9-14(13)19)25(21,23)24/h1-9H,(H2,21,23,24). The molecule has 1 aromatic heterocycles. The van der Waals surface area contributed by atoms with Gasteiger partial charge in [0.15, 0.2) is 0 Å². The first-order valence-corrected chi connectivity index (χ1v) is 8.93. The van der Waals surface area contributed by atoms with E-state index in [4.69, 9.17) is 16.7 Å². The zero-order valence-corrected chi connectivity index (χ0v) is 14.2. The average molecular weight is 381 g/mol. The van der Waals surface area contributed by atoms with Crippen molar-refractivity contribution in [2.24, 2.45) is 5.14 Å². The second-order valence-corrected chi connectivity index (χ2v) is 7.18. The molecule has 0 bridgehead atoms. The summed E-state index contributed by atoms with van der Waals surface area (Å²) in [5.74, 6) is -2.10. The molecule has 0 radical (unpaired) electrons. The van der Waals surface area contributed by atoms with Crippen molar-refractivity contribution in [1.29, 1.82) is 0 Å². The molecule has 2 aromatic carbocycles. The first kappa shape index (κ1) is 17.5. The third-order valence-corrected chi connectivity index (χ3v) is 4.69. The van der Waals surface area contributed by atoms with E-state index in [0.717, 1.165) is 6.07 Å². The number of halogens is 3. The third kappa shape index (κ3) is 3.53. The van der Waals surface area contributed by atoms with Crippen LogP contribution in [0.2, 0.25) is 5.02 Å². The molecule has 0 amide bonds. The summed E-state index contributed by atoms with van der Waals surface area (Å²) >= 11 is 5.99. The normalized spacial score (nSPS) is 11.5. The molecule has 3 aromatic rings. The van der Waals surface area contributed by atoms with Crippen LogP contribution in [0.4, 0.5) is 8.78 Å². The van der Waals surface area contributed by atoms with Crippen molar-refractivity contribution in [3.05, 3.63) is 71.4 Å². The highest BCUT2D eigenvalue weighted by Gasteiger charge is 2.21. The molecular weight excluding hydrogens is 370 g/mol. The van der Waals surface area contributed by atoms with Gasteiger partial charge in [-0.1, -0.05) is 29.8 Å². The molecule has 0 aliphatic rings. The molecule has 4 nitrogen and oxygen atoms in total. The van der Waals surface area contributed by atoms with Crippen molar-refractivity contribution in [3.8, 4) is 22.4 Å². The smallest absolute Gasteiger partial charge is 0.241 e. The van der Waals surface area contributed by atoms with Crippen molar-refractivity contribution in [2.75, 3.05) is 0 Å². The maximum absolute atomic E-state index is 14.5. The van der Waals surface area contributed by atoms with E-state index in [1.165, 1.54) is 6.20 Å². The van der Waals surface area contributed by atoms with Gasteiger partial charge in [0.2, 0.25) is 10.0 Å². The summed E-state index contributed by atoms with van der Waals surface area (Å²) in [4.78, 5) is 3.21. The van der Waals surface area contributed by atoms with Gasteiger partial charge in [-0.25, -0.2) is 22.3 Å². The molecule has 128 valence electrons. The van der Waals surface area contributed by atoms with Gasteiger partial charge in [-0.3, -0.25) is 4.98 Å². The SMILES string of the molecule is NS(=O)(=O)c1cc(F)c(-c2ncccc2-c2cccc(Cl)c2)cc1F. The fraction of sp³-hybridized carbons (Fsp3) is 0. The minimum absolute atomic E-state index is 0.155. The van der Waals surface area contributed by atoms with E-state index >= 15 is 0 Å². The van der Waals surface area contributed by atoms with E-state index in [1.807, 2.05) is 0 Å².